The third-order valence-corrected chi connectivity index (χ3v) is 5.32. The first-order chi connectivity index (χ1) is 13.9. The van der Waals surface area contributed by atoms with Gasteiger partial charge in [-0.15, -0.1) is 0 Å². The minimum Gasteiger partial charge on any atom is -0.354 e. The Kier molecular flexibility index (Phi) is 6.25. The van der Waals surface area contributed by atoms with Gasteiger partial charge in [-0.2, -0.15) is 0 Å². The number of nitrogens with one attached hydrogen (secondary N) is 1. The summed E-state index contributed by atoms with van der Waals surface area (Å²) in [6.45, 7) is 3.10. The van der Waals surface area contributed by atoms with Gasteiger partial charge >= 0.3 is 0 Å². The highest BCUT2D eigenvalue weighted by Crippen LogP contribution is 2.22. The first kappa shape index (κ1) is 18.6. The zero-order chi connectivity index (χ0) is 19.0. The maximum atomic E-state index is 4.61. The Morgan fingerprint density at radius 1 is 0.893 bits per heavy atom. The number of benzene rings is 1. The molecule has 0 radical (unpaired) electrons. The Morgan fingerprint density at radius 2 is 1.79 bits per heavy atom. The van der Waals surface area contributed by atoms with Gasteiger partial charge in [0.25, 0.3) is 0 Å². The lowest BCUT2D eigenvalue weighted by Crippen LogP contribution is -2.40. The van der Waals surface area contributed by atoms with Crippen LogP contribution in [0.3, 0.4) is 0 Å². The number of nitrogens with zero attached hydrogens (tertiary/aromatic N) is 4. The molecule has 1 saturated heterocycles. The van der Waals surface area contributed by atoms with Crippen molar-refractivity contribution in [3.8, 4) is 11.4 Å². The maximum absolute atomic E-state index is 4.61. The van der Waals surface area contributed by atoms with Gasteiger partial charge in [-0.1, -0.05) is 42.8 Å². The fourth-order valence-corrected chi connectivity index (χ4v) is 3.86. The number of anilines is 1. The summed E-state index contributed by atoms with van der Waals surface area (Å²) in [5.41, 5.74) is 3.12. The minimum atomic E-state index is 0.612. The quantitative estimate of drug-likeness (QED) is 0.665. The van der Waals surface area contributed by atoms with Gasteiger partial charge < -0.3 is 5.32 Å². The zero-order valence-electron chi connectivity index (χ0n) is 16.2. The van der Waals surface area contributed by atoms with E-state index in [2.05, 4.69) is 55.5 Å². The molecule has 1 fully saturated rings. The Morgan fingerprint density at radius 3 is 2.64 bits per heavy atom. The van der Waals surface area contributed by atoms with Crippen LogP contribution in [0.15, 0.2) is 67.0 Å². The van der Waals surface area contributed by atoms with Gasteiger partial charge in [-0.25, -0.2) is 9.97 Å². The van der Waals surface area contributed by atoms with Crippen molar-refractivity contribution in [3.05, 3.63) is 72.6 Å². The molecule has 0 aliphatic carbocycles. The largest absolute Gasteiger partial charge is 0.354 e. The van der Waals surface area contributed by atoms with E-state index in [0.717, 1.165) is 30.9 Å². The van der Waals surface area contributed by atoms with Crippen LogP contribution in [0.4, 0.5) is 5.95 Å². The van der Waals surface area contributed by atoms with Crippen LogP contribution in [-0.2, 0) is 6.54 Å². The fraction of sp³-hybridized carbons (Fsp3) is 0.348. The Bertz CT molecular complexity index is 853. The number of piperidine rings is 1. The Balaban J connectivity index is 1.33. The normalized spacial score (nSPS) is 17.4. The van der Waals surface area contributed by atoms with Gasteiger partial charge in [0.05, 0.1) is 11.4 Å². The molecule has 3 heterocycles. The number of likely N-dealkylation sites (tertiary alicyclic amines) is 1. The summed E-state index contributed by atoms with van der Waals surface area (Å²) in [6, 6.07) is 19.1. The molecule has 0 unspecified atom stereocenters. The number of aromatic nitrogens is 3. The molecule has 2 aromatic heterocycles. The summed E-state index contributed by atoms with van der Waals surface area (Å²) in [5, 5.41) is 3.41. The Hall–Kier alpha value is -2.79. The molecule has 28 heavy (non-hydrogen) atoms. The van der Waals surface area contributed by atoms with Crippen molar-refractivity contribution in [2.45, 2.75) is 38.3 Å². The average Bonchev–Trinajstić information content (AvgIpc) is 2.77. The van der Waals surface area contributed by atoms with E-state index in [4.69, 9.17) is 0 Å². The highest BCUT2D eigenvalue weighted by Gasteiger charge is 2.22. The molecule has 1 atom stereocenters. The molecular weight excluding hydrogens is 346 g/mol. The van der Waals surface area contributed by atoms with E-state index in [9.17, 15) is 0 Å². The highest BCUT2D eigenvalue weighted by atomic mass is 15.2. The average molecular weight is 374 g/mol. The van der Waals surface area contributed by atoms with Crippen molar-refractivity contribution in [1.82, 2.24) is 19.9 Å². The van der Waals surface area contributed by atoms with Crippen molar-refractivity contribution in [1.29, 1.82) is 0 Å². The molecule has 0 saturated carbocycles. The number of pyridine rings is 1. The molecular formula is C23H27N5. The van der Waals surface area contributed by atoms with Gasteiger partial charge in [-0.05, 0) is 49.6 Å². The minimum absolute atomic E-state index is 0.612. The van der Waals surface area contributed by atoms with Crippen LogP contribution in [-0.4, -0.2) is 39.0 Å². The van der Waals surface area contributed by atoms with Crippen LogP contribution in [0.25, 0.3) is 11.4 Å². The molecule has 5 heteroatoms. The highest BCUT2D eigenvalue weighted by molar-refractivity contribution is 5.54. The van der Waals surface area contributed by atoms with E-state index in [1.165, 1.54) is 31.4 Å². The molecule has 3 aromatic rings. The summed E-state index contributed by atoms with van der Waals surface area (Å²) in [6.07, 6.45) is 8.57. The summed E-state index contributed by atoms with van der Waals surface area (Å²) in [7, 11) is 0. The second-order valence-corrected chi connectivity index (χ2v) is 7.30. The predicted octanol–water partition coefficient (Wildman–Crippen LogP) is 4.40. The van der Waals surface area contributed by atoms with Gasteiger partial charge in [-0.3, -0.25) is 9.88 Å². The van der Waals surface area contributed by atoms with Gasteiger partial charge in [0.2, 0.25) is 5.95 Å². The number of hydrogen-bond acceptors (Lipinski definition) is 5. The molecule has 0 bridgehead atoms. The standard InChI is InChI=1S/C23H27N5/c1-2-8-19(9-3-1)18-28-17-7-5-10-20(28)12-15-25-23-26-16-13-22(27-23)21-11-4-6-14-24-21/h1-4,6,8-9,11,13-14,16,20H,5,7,10,12,15,17-18H2,(H,25,26,27)/t20-/m0/s1. The summed E-state index contributed by atoms with van der Waals surface area (Å²) < 4.78 is 0. The van der Waals surface area contributed by atoms with Crippen LogP contribution in [0.1, 0.15) is 31.2 Å². The van der Waals surface area contributed by atoms with Crippen molar-refractivity contribution in [2.75, 3.05) is 18.4 Å². The molecule has 1 N–H and O–H groups in total. The van der Waals surface area contributed by atoms with Crippen molar-refractivity contribution in [3.63, 3.8) is 0 Å². The topological polar surface area (TPSA) is 53.9 Å². The molecule has 4 rings (SSSR count). The maximum Gasteiger partial charge on any atom is 0.223 e. The van der Waals surface area contributed by atoms with Crippen LogP contribution in [0, 0.1) is 0 Å². The van der Waals surface area contributed by atoms with E-state index in [0.29, 0.717) is 12.0 Å². The third kappa shape index (κ3) is 4.93. The van der Waals surface area contributed by atoms with Crippen LogP contribution < -0.4 is 5.32 Å². The second-order valence-electron chi connectivity index (χ2n) is 7.30. The van der Waals surface area contributed by atoms with E-state index in [-0.39, 0.29) is 0 Å². The van der Waals surface area contributed by atoms with Crippen molar-refractivity contribution < 1.29 is 0 Å². The van der Waals surface area contributed by atoms with Gasteiger partial charge in [0, 0.05) is 31.5 Å². The number of hydrogen-bond donors (Lipinski definition) is 1. The smallest absolute Gasteiger partial charge is 0.223 e. The van der Waals surface area contributed by atoms with Crippen LogP contribution in [0.5, 0.6) is 0 Å². The lowest BCUT2D eigenvalue weighted by Gasteiger charge is -2.36. The van der Waals surface area contributed by atoms with Crippen LogP contribution >= 0.6 is 0 Å². The SMILES string of the molecule is c1ccc(CN2CCCC[C@H]2CCNc2nccc(-c3ccccn3)n2)cc1. The van der Waals surface area contributed by atoms with E-state index >= 15 is 0 Å². The summed E-state index contributed by atoms with van der Waals surface area (Å²) in [5.74, 6) is 0.675. The molecule has 144 valence electrons. The van der Waals surface area contributed by atoms with E-state index < -0.39 is 0 Å². The lowest BCUT2D eigenvalue weighted by atomic mass is 9.98. The van der Waals surface area contributed by atoms with Gasteiger partial charge in [0.1, 0.15) is 0 Å². The molecule has 0 spiro atoms. The lowest BCUT2D eigenvalue weighted by molar-refractivity contribution is 0.135. The summed E-state index contributed by atoms with van der Waals surface area (Å²) >= 11 is 0. The molecule has 1 aromatic carbocycles. The third-order valence-electron chi connectivity index (χ3n) is 5.32. The molecule has 5 nitrogen and oxygen atoms in total. The van der Waals surface area contributed by atoms with Crippen molar-refractivity contribution >= 4 is 5.95 Å². The monoisotopic (exact) mass is 373 g/mol. The zero-order valence-corrected chi connectivity index (χ0v) is 16.2. The van der Waals surface area contributed by atoms with E-state index in [1.807, 2.05) is 24.3 Å². The van der Waals surface area contributed by atoms with E-state index in [1.54, 1.807) is 12.4 Å². The van der Waals surface area contributed by atoms with Gasteiger partial charge in [0.15, 0.2) is 0 Å². The summed E-state index contributed by atoms with van der Waals surface area (Å²) in [4.78, 5) is 16.0. The second kappa shape index (κ2) is 9.42. The molecule has 1 aliphatic rings. The predicted molar refractivity (Wildman–Crippen MR) is 113 cm³/mol. The van der Waals surface area contributed by atoms with Crippen LogP contribution in [0.2, 0.25) is 0 Å². The first-order valence-corrected chi connectivity index (χ1v) is 10.1. The molecule has 0 amide bonds. The fourth-order valence-electron chi connectivity index (χ4n) is 3.86. The Labute approximate surface area is 166 Å². The number of rotatable bonds is 7. The van der Waals surface area contributed by atoms with Crippen molar-refractivity contribution in [2.24, 2.45) is 0 Å². The molecule has 1 aliphatic heterocycles. The first-order valence-electron chi connectivity index (χ1n) is 10.1.